The Kier molecular flexibility index (Phi) is 5.46. The zero-order valence-electron chi connectivity index (χ0n) is 13.8. The minimum Gasteiger partial charge on any atom is -0.481 e. The molecule has 0 aliphatic heterocycles. The Morgan fingerprint density at radius 3 is 2.91 bits per heavy atom. The maximum absolute atomic E-state index is 12.4. The van der Waals surface area contributed by atoms with Gasteiger partial charge in [-0.05, 0) is 42.9 Å². The lowest BCUT2D eigenvalue weighted by Crippen LogP contribution is -2.50. The van der Waals surface area contributed by atoms with Crippen molar-refractivity contribution in [3.63, 3.8) is 0 Å². The summed E-state index contributed by atoms with van der Waals surface area (Å²) < 4.78 is 5.71. The van der Waals surface area contributed by atoms with E-state index in [1.807, 2.05) is 12.1 Å². The summed E-state index contributed by atoms with van der Waals surface area (Å²) in [5.41, 5.74) is 0.920. The molecule has 2 unspecified atom stereocenters. The van der Waals surface area contributed by atoms with E-state index in [9.17, 15) is 4.79 Å². The first kappa shape index (κ1) is 16.8. The molecule has 1 amide bonds. The fourth-order valence-corrected chi connectivity index (χ4v) is 3.03. The minimum absolute atomic E-state index is 0.0337. The van der Waals surface area contributed by atoms with Gasteiger partial charge in [0.1, 0.15) is 5.75 Å². The van der Waals surface area contributed by atoms with Crippen molar-refractivity contribution in [2.45, 2.75) is 65.2 Å². The second-order valence-electron chi connectivity index (χ2n) is 6.86. The predicted molar refractivity (Wildman–Crippen MR) is 86.6 cm³/mol. The van der Waals surface area contributed by atoms with Gasteiger partial charge in [0.15, 0.2) is 6.10 Å². The zero-order valence-corrected chi connectivity index (χ0v) is 13.8. The Morgan fingerprint density at radius 2 is 2.23 bits per heavy atom. The maximum atomic E-state index is 12.4. The highest BCUT2D eigenvalue weighted by atomic mass is 16.5. The molecule has 2 N–H and O–H groups in total. The van der Waals surface area contributed by atoms with Gasteiger partial charge < -0.3 is 15.2 Å². The van der Waals surface area contributed by atoms with Crippen LogP contribution in [0.1, 0.15) is 52.0 Å². The summed E-state index contributed by atoms with van der Waals surface area (Å²) >= 11 is 0. The largest absolute Gasteiger partial charge is 0.481 e. The molecular formula is C18H27NO3. The van der Waals surface area contributed by atoms with Crippen LogP contribution in [0.15, 0.2) is 24.3 Å². The van der Waals surface area contributed by atoms with E-state index in [1.54, 1.807) is 19.1 Å². The third-order valence-corrected chi connectivity index (χ3v) is 4.59. The van der Waals surface area contributed by atoms with E-state index < -0.39 is 6.10 Å². The zero-order chi connectivity index (χ0) is 16.2. The van der Waals surface area contributed by atoms with Crippen LogP contribution in [0.25, 0.3) is 0 Å². The van der Waals surface area contributed by atoms with Crippen molar-refractivity contribution in [1.29, 1.82) is 0 Å². The van der Waals surface area contributed by atoms with Crippen LogP contribution in [0, 0.1) is 5.41 Å². The summed E-state index contributed by atoms with van der Waals surface area (Å²) in [6, 6.07) is 7.41. The normalized spacial score (nSPS) is 21.9. The molecule has 0 heterocycles. The van der Waals surface area contributed by atoms with Crippen LogP contribution in [0.4, 0.5) is 0 Å². The average molecular weight is 305 g/mol. The SMILES string of the molecule is CC(Oc1cccc(CO)c1)C(=O)NC1CCCCC1(C)C. The molecular weight excluding hydrogens is 278 g/mol. The predicted octanol–water partition coefficient (Wildman–Crippen LogP) is 3.03. The van der Waals surface area contributed by atoms with Crippen molar-refractivity contribution in [1.82, 2.24) is 5.32 Å². The number of carbonyl (C=O) groups excluding carboxylic acids is 1. The number of aliphatic hydroxyl groups excluding tert-OH is 1. The third-order valence-electron chi connectivity index (χ3n) is 4.59. The van der Waals surface area contributed by atoms with Crippen LogP contribution in [-0.4, -0.2) is 23.2 Å². The molecule has 1 aromatic carbocycles. The highest BCUT2D eigenvalue weighted by Gasteiger charge is 2.34. The number of benzene rings is 1. The van der Waals surface area contributed by atoms with Crippen molar-refractivity contribution in [2.75, 3.05) is 0 Å². The second-order valence-corrected chi connectivity index (χ2v) is 6.86. The van der Waals surface area contributed by atoms with E-state index in [1.165, 1.54) is 12.8 Å². The van der Waals surface area contributed by atoms with Gasteiger partial charge in [0.05, 0.1) is 6.61 Å². The van der Waals surface area contributed by atoms with E-state index in [-0.39, 0.29) is 24.0 Å². The second kappa shape index (κ2) is 7.14. The smallest absolute Gasteiger partial charge is 0.261 e. The molecule has 1 fully saturated rings. The van der Waals surface area contributed by atoms with Crippen LogP contribution < -0.4 is 10.1 Å². The summed E-state index contributed by atoms with van der Waals surface area (Å²) in [5, 5.41) is 12.3. The molecule has 1 aliphatic carbocycles. The Hall–Kier alpha value is -1.55. The number of rotatable bonds is 5. The first-order valence-electron chi connectivity index (χ1n) is 8.09. The van der Waals surface area contributed by atoms with Crippen molar-refractivity contribution in [2.24, 2.45) is 5.41 Å². The monoisotopic (exact) mass is 305 g/mol. The molecule has 2 rings (SSSR count). The van der Waals surface area contributed by atoms with Crippen LogP contribution in [0.3, 0.4) is 0 Å². The summed E-state index contributed by atoms with van der Waals surface area (Å²) in [7, 11) is 0. The summed E-state index contributed by atoms with van der Waals surface area (Å²) in [5.74, 6) is 0.534. The maximum Gasteiger partial charge on any atom is 0.261 e. The molecule has 0 saturated heterocycles. The summed E-state index contributed by atoms with van der Waals surface area (Å²) in [4.78, 5) is 12.4. The Morgan fingerprint density at radius 1 is 1.45 bits per heavy atom. The summed E-state index contributed by atoms with van der Waals surface area (Å²) in [6.07, 6.45) is 4.03. The average Bonchev–Trinajstić information content (AvgIpc) is 2.49. The standard InChI is InChI=1S/C18H27NO3/c1-13(22-15-8-6-7-14(11-15)12-20)17(21)19-16-9-4-5-10-18(16,2)3/h6-8,11,13,16,20H,4-5,9-10,12H2,1-3H3,(H,19,21). The Balaban J connectivity index is 1.94. The highest BCUT2D eigenvalue weighted by Crippen LogP contribution is 2.35. The molecule has 1 aromatic rings. The molecule has 1 saturated carbocycles. The van der Waals surface area contributed by atoms with Crippen molar-refractivity contribution in [3.05, 3.63) is 29.8 Å². The molecule has 0 spiro atoms. The fourth-order valence-electron chi connectivity index (χ4n) is 3.03. The van der Waals surface area contributed by atoms with Gasteiger partial charge in [-0.2, -0.15) is 0 Å². The van der Waals surface area contributed by atoms with Crippen molar-refractivity contribution in [3.8, 4) is 5.75 Å². The molecule has 22 heavy (non-hydrogen) atoms. The molecule has 4 heteroatoms. The first-order chi connectivity index (χ1) is 10.4. The van der Waals surface area contributed by atoms with Gasteiger partial charge in [-0.25, -0.2) is 0 Å². The van der Waals surface area contributed by atoms with Crippen LogP contribution >= 0.6 is 0 Å². The molecule has 0 bridgehead atoms. The Labute approximate surface area is 132 Å². The topological polar surface area (TPSA) is 58.6 Å². The number of amides is 1. The quantitative estimate of drug-likeness (QED) is 0.879. The van der Waals surface area contributed by atoms with Gasteiger partial charge in [0.2, 0.25) is 0 Å². The van der Waals surface area contributed by atoms with Gasteiger partial charge in [-0.1, -0.05) is 38.8 Å². The van der Waals surface area contributed by atoms with Crippen LogP contribution in [0.5, 0.6) is 5.75 Å². The number of hydrogen-bond donors (Lipinski definition) is 2. The number of carbonyl (C=O) groups is 1. The van der Waals surface area contributed by atoms with E-state index in [2.05, 4.69) is 19.2 Å². The van der Waals surface area contributed by atoms with Gasteiger partial charge >= 0.3 is 0 Å². The number of hydrogen-bond acceptors (Lipinski definition) is 3. The van der Waals surface area contributed by atoms with E-state index >= 15 is 0 Å². The van der Waals surface area contributed by atoms with E-state index in [0.29, 0.717) is 5.75 Å². The molecule has 0 radical (unpaired) electrons. The van der Waals surface area contributed by atoms with E-state index in [0.717, 1.165) is 18.4 Å². The summed E-state index contributed by atoms with van der Waals surface area (Å²) in [6.45, 7) is 6.16. The van der Waals surface area contributed by atoms with Crippen molar-refractivity contribution < 1.29 is 14.6 Å². The van der Waals surface area contributed by atoms with Crippen LogP contribution in [-0.2, 0) is 11.4 Å². The lowest BCUT2D eigenvalue weighted by atomic mass is 9.73. The number of aliphatic hydroxyl groups is 1. The minimum atomic E-state index is -0.549. The lowest BCUT2D eigenvalue weighted by molar-refractivity contribution is -0.129. The van der Waals surface area contributed by atoms with Gasteiger partial charge in [0.25, 0.3) is 5.91 Å². The highest BCUT2D eigenvalue weighted by molar-refractivity contribution is 5.81. The van der Waals surface area contributed by atoms with Crippen molar-refractivity contribution >= 4 is 5.91 Å². The lowest BCUT2D eigenvalue weighted by Gasteiger charge is -2.39. The number of nitrogens with one attached hydrogen (secondary N) is 1. The molecule has 122 valence electrons. The molecule has 0 aromatic heterocycles. The van der Waals surface area contributed by atoms with Gasteiger partial charge in [-0.3, -0.25) is 4.79 Å². The third kappa shape index (κ3) is 4.23. The van der Waals surface area contributed by atoms with Gasteiger partial charge in [0, 0.05) is 6.04 Å². The first-order valence-corrected chi connectivity index (χ1v) is 8.09. The molecule has 2 atom stereocenters. The number of ether oxygens (including phenoxy) is 1. The molecule has 4 nitrogen and oxygen atoms in total. The van der Waals surface area contributed by atoms with E-state index in [4.69, 9.17) is 9.84 Å². The van der Waals surface area contributed by atoms with Crippen LogP contribution in [0.2, 0.25) is 0 Å². The van der Waals surface area contributed by atoms with Gasteiger partial charge in [-0.15, -0.1) is 0 Å². The Bertz CT molecular complexity index is 513. The molecule has 1 aliphatic rings. The fraction of sp³-hybridized carbons (Fsp3) is 0.611.